The van der Waals surface area contributed by atoms with E-state index in [1.165, 1.54) is 11.1 Å². The van der Waals surface area contributed by atoms with Crippen LogP contribution in [0, 0.1) is 29.6 Å². The molecule has 0 fully saturated rings. The van der Waals surface area contributed by atoms with Crippen LogP contribution >= 0.6 is 0 Å². The van der Waals surface area contributed by atoms with Gasteiger partial charge in [-0.15, -0.1) is 0 Å². The zero-order valence-corrected chi connectivity index (χ0v) is 32.0. The second kappa shape index (κ2) is 12.5. The molecular formula is C52H36N4O2. The molecule has 11 rings (SSSR count). The van der Waals surface area contributed by atoms with Crippen LogP contribution in [-0.2, 0) is 6.42 Å². The SMILES string of the molecule is Cc1ccccc1C1=C(O)CCc2c1c1ccccc1n2-c1c(-c2cccc(N3c4ccccc4C4c5c(oc6ccccc56)C=CC43C)c2)ccc(C#N)c1C#N. The van der Waals surface area contributed by atoms with Gasteiger partial charge in [0.1, 0.15) is 29.2 Å². The quantitative estimate of drug-likeness (QED) is 0.194. The van der Waals surface area contributed by atoms with Gasteiger partial charge in [0.25, 0.3) is 0 Å². The van der Waals surface area contributed by atoms with Gasteiger partial charge in [-0.25, -0.2) is 0 Å². The van der Waals surface area contributed by atoms with Crippen LogP contribution in [0.3, 0.4) is 0 Å². The number of allylic oxidation sites excluding steroid dienone is 1. The standard InChI is InChI=1S/C52H36N4O2/c1-31-12-3-4-15-35(31)48-44(57)25-24-43-47(48)37-16-5-8-19-41(37)55(43)51-36(23-22-33(29-53)40(51)30-54)32-13-11-14-34(28-32)56-42-20-9-6-17-38(42)50-49-39-18-7-10-21-45(39)58-46(49)26-27-52(50,56)2/h3-23,26-28,50,57H,24-25H2,1-2H3. The maximum absolute atomic E-state index is 11.6. The van der Waals surface area contributed by atoms with Crippen LogP contribution in [0.2, 0.25) is 0 Å². The highest BCUT2D eigenvalue weighted by Gasteiger charge is 2.51. The topological polar surface area (TPSA) is 89.1 Å². The molecular weight excluding hydrogens is 713 g/mol. The largest absolute Gasteiger partial charge is 0.512 e. The Morgan fingerprint density at radius 1 is 0.776 bits per heavy atom. The molecule has 0 amide bonds. The van der Waals surface area contributed by atoms with Crippen molar-refractivity contribution in [2.24, 2.45) is 0 Å². The van der Waals surface area contributed by atoms with Crippen LogP contribution in [0.5, 0.6) is 0 Å². The number of nitriles is 2. The highest BCUT2D eigenvalue weighted by Crippen LogP contribution is 2.59. The maximum Gasteiger partial charge on any atom is 0.135 e. The van der Waals surface area contributed by atoms with Gasteiger partial charge in [-0.1, -0.05) is 103 Å². The Hall–Kier alpha value is -7.54. The van der Waals surface area contributed by atoms with Crippen molar-refractivity contribution in [3.63, 3.8) is 0 Å². The molecule has 3 aliphatic rings. The van der Waals surface area contributed by atoms with Gasteiger partial charge in [0, 0.05) is 62.4 Å². The van der Waals surface area contributed by atoms with Crippen LogP contribution in [0.15, 0.2) is 150 Å². The smallest absolute Gasteiger partial charge is 0.135 e. The fraction of sp³-hybridized carbons (Fsp3) is 0.115. The second-order valence-electron chi connectivity index (χ2n) is 15.7. The minimum Gasteiger partial charge on any atom is -0.512 e. The molecule has 6 aromatic carbocycles. The summed E-state index contributed by atoms with van der Waals surface area (Å²) in [4.78, 5) is 2.45. The summed E-state index contributed by atoms with van der Waals surface area (Å²) >= 11 is 0. The van der Waals surface area contributed by atoms with Crippen molar-refractivity contribution in [3.8, 4) is 29.0 Å². The van der Waals surface area contributed by atoms with E-state index in [9.17, 15) is 15.6 Å². The monoisotopic (exact) mass is 748 g/mol. The number of hydrogen-bond acceptors (Lipinski definition) is 5. The summed E-state index contributed by atoms with van der Waals surface area (Å²) in [5, 5.41) is 35.1. The van der Waals surface area contributed by atoms with E-state index in [0.717, 1.165) is 78.1 Å². The number of benzene rings is 6. The molecule has 58 heavy (non-hydrogen) atoms. The third-order valence-electron chi connectivity index (χ3n) is 12.7. The molecule has 3 heterocycles. The maximum atomic E-state index is 11.6. The zero-order valence-electron chi connectivity index (χ0n) is 32.0. The number of nitrogens with zero attached hydrogens (tertiary/aromatic N) is 4. The number of aryl methyl sites for hydroxylation is 1. The van der Waals surface area contributed by atoms with Gasteiger partial charge < -0.3 is 19.0 Å². The van der Waals surface area contributed by atoms with E-state index < -0.39 is 5.54 Å². The molecule has 2 atom stereocenters. The Morgan fingerprint density at radius 3 is 2.40 bits per heavy atom. The number of fused-ring (bicyclic) bond motifs is 10. The van der Waals surface area contributed by atoms with Crippen molar-refractivity contribution in [1.82, 2.24) is 4.57 Å². The third kappa shape index (κ3) is 4.58. The Balaban J connectivity index is 1.14. The summed E-state index contributed by atoms with van der Waals surface area (Å²) in [6, 6.07) is 50.4. The Kier molecular flexibility index (Phi) is 7.27. The van der Waals surface area contributed by atoms with Crippen molar-refractivity contribution in [2.75, 3.05) is 4.90 Å². The van der Waals surface area contributed by atoms with Crippen LogP contribution in [0.1, 0.15) is 69.7 Å². The number of aliphatic hydroxyl groups excluding tert-OH is 1. The lowest BCUT2D eigenvalue weighted by molar-refractivity contribution is 0.388. The van der Waals surface area contributed by atoms with E-state index in [0.29, 0.717) is 35.4 Å². The highest BCUT2D eigenvalue weighted by atomic mass is 16.3. The zero-order chi connectivity index (χ0) is 39.3. The predicted molar refractivity (Wildman–Crippen MR) is 230 cm³/mol. The highest BCUT2D eigenvalue weighted by molar-refractivity contribution is 6.03. The number of para-hydroxylation sites is 3. The predicted octanol–water partition coefficient (Wildman–Crippen LogP) is 12.4. The van der Waals surface area contributed by atoms with E-state index >= 15 is 0 Å². The molecule has 0 saturated carbocycles. The molecule has 2 aliphatic carbocycles. The molecule has 0 spiro atoms. The van der Waals surface area contributed by atoms with Gasteiger partial charge in [0.05, 0.1) is 27.9 Å². The van der Waals surface area contributed by atoms with Crippen molar-refractivity contribution in [2.45, 2.75) is 38.1 Å². The summed E-state index contributed by atoms with van der Waals surface area (Å²) in [5.41, 5.74) is 13.8. The minimum absolute atomic E-state index is 0.0244. The van der Waals surface area contributed by atoms with Gasteiger partial charge in [-0.3, -0.25) is 0 Å². The summed E-state index contributed by atoms with van der Waals surface area (Å²) in [7, 11) is 0. The molecule has 6 nitrogen and oxygen atoms in total. The number of aliphatic hydroxyl groups is 1. The van der Waals surface area contributed by atoms with Crippen molar-refractivity contribution in [3.05, 3.63) is 196 Å². The lowest BCUT2D eigenvalue weighted by Crippen LogP contribution is -2.43. The summed E-state index contributed by atoms with van der Waals surface area (Å²) in [5.74, 6) is 1.28. The average molecular weight is 749 g/mol. The average Bonchev–Trinajstić information content (AvgIpc) is 3.88. The van der Waals surface area contributed by atoms with Gasteiger partial charge in [-0.05, 0) is 85.0 Å². The van der Waals surface area contributed by atoms with Crippen molar-refractivity contribution < 1.29 is 9.52 Å². The van der Waals surface area contributed by atoms with Gasteiger partial charge in [-0.2, -0.15) is 10.5 Å². The number of rotatable bonds is 4. The molecule has 2 unspecified atom stereocenters. The fourth-order valence-corrected chi connectivity index (χ4v) is 10.2. The van der Waals surface area contributed by atoms with Gasteiger partial charge in [0.2, 0.25) is 0 Å². The summed E-state index contributed by atoms with van der Waals surface area (Å²) < 4.78 is 8.59. The Labute approximate surface area is 336 Å². The molecule has 2 aromatic heterocycles. The lowest BCUT2D eigenvalue weighted by Gasteiger charge is -2.40. The second-order valence-corrected chi connectivity index (χ2v) is 15.7. The number of hydrogen-bond donors (Lipinski definition) is 1. The summed E-state index contributed by atoms with van der Waals surface area (Å²) in [6.45, 7) is 4.37. The first kappa shape index (κ1) is 33.8. The number of furan rings is 1. The van der Waals surface area contributed by atoms with Crippen molar-refractivity contribution >= 4 is 44.9 Å². The Morgan fingerprint density at radius 2 is 1.55 bits per heavy atom. The van der Waals surface area contributed by atoms with Gasteiger partial charge in [0.15, 0.2) is 0 Å². The lowest BCUT2D eigenvalue weighted by atomic mass is 9.74. The van der Waals surface area contributed by atoms with Crippen molar-refractivity contribution in [1.29, 1.82) is 10.5 Å². The molecule has 0 radical (unpaired) electrons. The third-order valence-corrected chi connectivity index (χ3v) is 12.7. The van der Waals surface area contributed by atoms with Crippen LogP contribution in [-0.4, -0.2) is 15.2 Å². The Bertz CT molecular complexity index is 3220. The van der Waals surface area contributed by atoms with E-state index in [1.54, 1.807) is 6.07 Å². The van der Waals surface area contributed by atoms with E-state index in [2.05, 4.69) is 133 Å². The number of anilines is 2. The van der Waals surface area contributed by atoms with E-state index in [1.807, 2.05) is 42.5 Å². The molecule has 6 heteroatoms. The number of aromatic nitrogens is 1. The normalized spacial score (nSPS) is 17.8. The first-order valence-electron chi connectivity index (χ1n) is 19.7. The van der Waals surface area contributed by atoms with E-state index in [4.69, 9.17) is 4.42 Å². The van der Waals surface area contributed by atoms with Crippen LogP contribution in [0.25, 0.3) is 50.3 Å². The minimum atomic E-state index is -0.455. The molecule has 8 aromatic rings. The van der Waals surface area contributed by atoms with E-state index in [-0.39, 0.29) is 5.92 Å². The molecule has 0 bridgehead atoms. The fourth-order valence-electron chi connectivity index (χ4n) is 10.2. The first-order chi connectivity index (χ1) is 28.4. The van der Waals surface area contributed by atoms with Gasteiger partial charge >= 0.3 is 0 Å². The molecule has 1 aliphatic heterocycles. The van der Waals surface area contributed by atoms with Crippen LogP contribution < -0.4 is 4.90 Å². The molecule has 0 saturated heterocycles. The van der Waals surface area contributed by atoms with Crippen LogP contribution in [0.4, 0.5) is 11.4 Å². The molecule has 1 N–H and O–H groups in total. The first-order valence-corrected chi connectivity index (χ1v) is 19.7. The molecule has 276 valence electrons. The summed E-state index contributed by atoms with van der Waals surface area (Å²) in [6.07, 6.45) is 5.42.